The minimum absolute atomic E-state index is 0.118. The maximum atomic E-state index is 10.5. The molecule has 0 unspecified atom stereocenters. The number of benzene rings is 1. The largest absolute Gasteiger partial charge is 0.507 e. The molecule has 0 aromatic heterocycles. The number of rotatable bonds is 3. The first-order valence-electron chi connectivity index (χ1n) is 7.88. The Morgan fingerprint density at radius 2 is 1.70 bits per heavy atom. The smallest absolute Gasteiger partial charge is 0.122 e. The summed E-state index contributed by atoms with van der Waals surface area (Å²) in [6, 6.07) is 4.34. The highest BCUT2D eigenvalue weighted by molar-refractivity contribution is 7.79. The third-order valence-electron chi connectivity index (χ3n) is 4.54. The number of phenolic OH excluding ortho intramolecular Hbond substituents is 1. The van der Waals surface area contributed by atoms with E-state index in [1.165, 1.54) is 37.7 Å². The van der Waals surface area contributed by atoms with E-state index < -0.39 is 0 Å². The lowest BCUT2D eigenvalue weighted by Crippen LogP contribution is -2.14. The van der Waals surface area contributed by atoms with Gasteiger partial charge in [0.1, 0.15) is 5.75 Å². The number of phenols is 1. The van der Waals surface area contributed by atoms with Crippen LogP contribution in [0.2, 0.25) is 0 Å². The quantitative estimate of drug-likeness (QED) is 0.730. The monoisotopic (exact) mass is 292 g/mol. The van der Waals surface area contributed by atoms with Crippen LogP contribution in [-0.4, -0.2) is 5.11 Å². The van der Waals surface area contributed by atoms with Gasteiger partial charge in [-0.1, -0.05) is 65.0 Å². The second kappa shape index (κ2) is 6.43. The van der Waals surface area contributed by atoms with Gasteiger partial charge >= 0.3 is 0 Å². The van der Waals surface area contributed by atoms with Crippen LogP contribution in [0.4, 0.5) is 0 Å². The van der Waals surface area contributed by atoms with Crippen molar-refractivity contribution < 1.29 is 5.11 Å². The van der Waals surface area contributed by atoms with Gasteiger partial charge in [0.2, 0.25) is 0 Å². The number of aromatic hydroxyl groups is 1. The lowest BCUT2D eigenvalue weighted by Gasteiger charge is -2.25. The summed E-state index contributed by atoms with van der Waals surface area (Å²) in [7, 11) is 0. The van der Waals surface area contributed by atoms with E-state index in [4.69, 9.17) is 0 Å². The fourth-order valence-corrected chi connectivity index (χ4v) is 3.41. The molecule has 20 heavy (non-hydrogen) atoms. The average molecular weight is 292 g/mol. The summed E-state index contributed by atoms with van der Waals surface area (Å²) in [6.45, 7) is 6.68. The van der Waals surface area contributed by atoms with Crippen LogP contribution in [0.25, 0.3) is 0 Å². The van der Waals surface area contributed by atoms with Crippen molar-refractivity contribution in [1.29, 1.82) is 0 Å². The van der Waals surface area contributed by atoms with E-state index in [0.29, 0.717) is 11.5 Å². The highest BCUT2D eigenvalue weighted by Gasteiger charge is 2.21. The summed E-state index contributed by atoms with van der Waals surface area (Å²) in [5.41, 5.74) is 3.54. The van der Waals surface area contributed by atoms with Gasteiger partial charge in [-0.15, -0.1) is 0 Å². The van der Waals surface area contributed by atoms with Gasteiger partial charge in [0.25, 0.3) is 0 Å². The van der Waals surface area contributed by atoms with E-state index in [9.17, 15) is 5.11 Å². The molecule has 0 spiro atoms. The maximum absolute atomic E-state index is 10.5. The molecule has 112 valence electrons. The first-order chi connectivity index (χ1) is 9.41. The molecule has 1 aliphatic carbocycles. The summed E-state index contributed by atoms with van der Waals surface area (Å²) in [5.74, 6) is 1.84. The van der Waals surface area contributed by atoms with Crippen LogP contribution in [0.15, 0.2) is 12.1 Å². The Morgan fingerprint density at radius 3 is 2.25 bits per heavy atom. The highest BCUT2D eigenvalue weighted by Crippen LogP contribution is 2.35. The van der Waals surface area contributed by atoms with E-state index >= 15 is 0 Å². The van der Waals surface area contributed by atoms with Gasteiger partial charge in [0.05, 0.1) is 0 Å². The molecule has 1 N–H and O–H groups in total. The third kappa shape index (κ3) is 3.72. The molecule has 1 nitrogen and oxygen atoms in total. The van der Waals surface area contributed by atoms with Gasteiger partial charge in [0, 0.05) is 11.3 Å². The highest BCUT2D eigenvalue weighted by atomic mass is 32.1. The van der Waals surface area contributed by atoms with E-state index in [2.05, 4.69) is 45.5 Å². The van der Waals surface area contributed by atoms with Crippen molar-refractivity contribution in [1.82, 2.24) is 0 Å². The second-order valence-corrected chi connectivity index (χ2v) is 7.58. The zero-order valence-electron chi connectivity index (χ0n) is 13.1. The van der Waals surface area contributed by atoms with Gasteiger partial charge in [-0.3, -0.25) is 0 Å². The van der Waals surface area contributed by atoms with Gasteiger partial charge in [-0.25, -0.2) is 0 Å². The predicted molar refractivity (Wildman–Crippen MR) is 89.8 cm³/mol. The molecule has 2 rings (SSSR count). The third-order valence-corrected chi connectivity index (χ3v) is 4.88. The van der Waals surface area contributed by atoms with Crippen LogP contribution in [0, 0.1) is 5.92 Å². The van der Waals surface area contributed by atoms with E-state index in [1.54, 1.807) is 0 Å². The summed E-state index contributed by atoms with van der Waals surface area (Å²) in [4.78, 5) is 0. The fourth-order valence-electron chi connectivity index (χ4n) is 3.17. The van der Waals surface area contributed by atoms with Gasteiger partial charge in [0.15, 0.2) is 0 Å². The minimum atomic E-state index is 0.118. The van der Waals surface area contributed by atoms with Crippen molar-refractivity contribution in [2.24, 2.45) is 5.92 Å². The lowest BCUT2D eigenvalue weighted by molar-refractivity contribution is 0.351. The minimum Gasteiger partial charge on any atom is -0.507 e. The molecule has 1 aromatic rings. The Labute approximate surface area is 129 Å². The Balaban J connectivity index is 2.30. The van der Waals surface area contributed by atoms with Gasteiger partial charge in [-0.2, -0.15) is 12.6 Å². The predicted octanol–water partition coefficient (Wildman–Crippen LogP) is 5.24. The molecule has 0 heterocycles. The van der Waals surface area contributed by atoms with Crippen molar-refractivity contribution >= 4 is 12.6 Å². The summed E-state index contributed by atoms with van der Waals surface area (Å²) >= 11 is 4.38. The topological polar surface area (TPSA) is 20.2 Å². The molecule has 1 fully saturated rings. The molecular formula is C18H28OS. The normalized spacial score (nSPS) is 17.4. The fraction of sp³-hybridized carbons (Fsp3) is 0.667. The first-order valence-corrected chi connectivity index (χ1v) is 8.51. The van der Waals surface area contributed by atoms with Crippen LogP contribution in [0.3, 0.4) is 0 Å². The van der Waals surface area contributed by atoms with Gasteiger partial charge < -0.3 is 5.11 Å². The Bertz CT molecular complexity index is 453. The summed E-state index contributed by atoms with van der Waals surface area (Å²) in [6.07, 6.45) is 7.74. The van der Waals surface area contributed by atoms with Crippen molar-refractivity contribution in [3.63, 3.8) is 0 Å². The van der Waals surface area contributed by atoms with Crippen LogP contribution in [0.1, 0.15) is 69.6 Å². The number of hydrogen-bond donors (Lipinski definition) is 2. The molecule has 1 aromatic carbocycles. The molecular weight excluding hydrogens is 264 g/mol. The summed E-state index contributed by atoms with van der Waals surface area (Å²) in [5, 5.41) is 10.5. The van der Waals surface area contributed by atoms with Crippen LogP contribution >= 0.6 is 12.6 Å². The van der Waals surface area contributed by atoms with Crippen molar-refractivity contribution in [2.45, 2.75) is 70.5 Å². The molecule has 0 saturated heterocycles. The Kier molecular flexibility index (Phi) is 5.06. The molecule has 2 heteroatoms. The van der Waals surface area contributed by atoms with Crippen molar-refractivity contribution in [3.8, 4) is 5.75 Å². The van der Waals surface area contributed by atoms with Gasteiger partial charge in [-0.05, 0) is 28.9 Å². The lowest BCUT2D eigenvalue weighted by atomic mass is 9.81. The molecule has 0 amide bonds. The van der Waals surface area contributed by atoms with E-state index in [1.807, 2.05) is 0 Å². The maximum Gasteiger partial charge on any atom is 0.122 e. The first kappa shape index (κ1) is 15.8. The van der Waals surface area contributed by atoms with Crippen LogP contribution in [0.5, 0.6) is 5.75 Å². The molecule has 0 bridgehead atoms. The molecule has 1 saturated carbocycles. The Hall–Kier alpha value is -0.630. The summed E-state index contributed by atoms with van der Waals surface area (Å²) < 4.78 is 0. The standard InChI is InChI=1S/C18H28OS/c1-18(2,3)16-10-14(17(19)15(11-16)12-20)9-13-7-5-4-6-8-13/h10-11,13,19-20H,4-9,12H2,1-3H3. The Morgan fingerprint density at radius 1 is 1.10 bits per heavy atom. The van der Waals surface area contributed by atoms with E-state index in [0.717, 1.165) is 23.5 Å². The van der Waals surface area contributed by atoms with Crippen molar-refractivity contribution in [3.05, 3.63) is 28.8 Å². The molecule has 0 aliphatic heterocycles. The SMILES string of the molecule is CC(C)(C)c1cc(CS)c(O)c(CC2CCCCC2)c1. The number of thiol groups is 1. The number of hydrogen-bond acceptors (Lipinski definition) is 2. The second-order valence-electron chi connectivity index (χ2n) is 7.26. The van der Waals surface area contributed by atoms with E-state index in [-0.39, 0.29) is 5.41 Å². The average Bonchev–Trinajstić information content (AvgIpc) is 2.41. The van der Waals surface area contributed by atoms with Crippen LogP contribution in [-0.2, 0) is 17.6 Å². The van der Waals surface area contributed by atoms with Crippen LogP contribution < -0.4 is 0 Å². The van der Waals surface area contributed by atoms with Crippen molar-refractivity contribution in [2.75, 3.05) is 0 Å². The zero-order valence-corrected chi connectivity index (χ0v) is 14.0. The molecule has 0 radical (unpaired) electrons. The molecule has 0 atom stereocenters. The molecule has 1 aliphatic rings. The zero-order chi connectivity index (χ0) is 14.8.